The number of amides is 1. The van der Waals surface area contributed by atoms with Crippen molar-refractivity contribution in [2.75, 3.05) is 10.8 Å². The number of rotatable bonds is 7. The van der Waals surface area contributed by atoms with Crippen LogP contribution in [0.4, 0.5) is 5.69 Å². The summed E-state index contributed by atoms with van der Waals surface area (Å²) in [6, 6.07) is 17.5. The molecule has 1 N–H and O–H groups in total. The van der Waals surface area contributed by atoms with Crippen LogP contribution in [0.2, 0.25) is 15.1 Å². The number of hydrogen-bond acceptors (Lipinski definition) is 4. The molecule has 32 heavy (non-hydrogen) atoms. The van der Waals surface area contributed by atoms with Crippen molar-refractivity contribution in [3.05, 3.63) is 92.9 Å². The molecule has 3 rings (SSSR count). The van der Waals surface area contributed by atoms with Crippen LogP contribution in [0.5, 0.6) is 0 Å². The van der Waals surface area contributed by atoms with Gasteiger partial charge in [0, 0.05) is 10.6 Å². The highest BCUT2D eigenvalue weighted by molar-refractivity contribution is 7.92. The predicted octanol–water partition coefficient (Wildman–Crippen LogP) is 5.30. The van der Waals surface area contributed by atoms with E-state index in [-0.39, 0.29) is 10.6 Å². The van der Waals surface area contributed by atoms with Gasteiger partial charge in [-0.05, 0) is 49.4 Å². The van der Waals surface area contributed by atoms with Crippen molar-refractivity contribution in [3.63, 3.8) is 0 Å². The standard InChI is InChI=1S/C22H18Cl3N3O3S/c1-15-8-10-18(11-9-15)32(30,31)28(17-5-2-4-16(23)12-17)14-22(29)27-26-13-19-20(24)6-3-7-21(19)25/h2-13H,14H2,1H3,(H,27,29)/b26-13-. The number of nitrogens with zero attached hydrogens (tertiary/aromatic N) is 2. The third-order valence-corrected chi connectivity index (χ3v) is 7.06. The fourth-order valence-corrected chi connectivity index (χ4v) is 4.84. The van der Waals surface area contributed by atoms with Gasteiger partial charge >= 0.3 is 0 Å². The lowest BCUT2D eigenvalue weighted by molar-refractivity contribution is -0.119. The van der Waals surface area contributed by atoms with Crippen molar-refractivity contribution in [1.29, 1.82) is 0 Å². The van der Waals surface area contributed by atoms with Crippen LogP contribution in [-0.2, 0) is 14.8 Å². The molecule has 10 heteroatoms. The first-order chi connectivity index (χ1) is 15.2. The Morgan fingerprint density at radius 3 is 2.25 bits per heavy atom. The zero-order valence-corrected chi connectivity index (χ0v) is 19.9. The number of carbonyl (C=O) groups excluding carboxylic acids is 1. The van der Waals surface area contributed by atoms with Crippen molar-refractivity contribution >= 4 is 62.6 Å². The Bertz CT molecular complexity index is 1240. The molecule has 0 saturated heterocycles. The van der Waals surface area contributed by atoms with Crippen LogP contribution in [0.1, 0.15) is 11.1 Å². The van der Waals surface area contributed by atoms with Gasteiger partial charge in [0.15, 0.2) is 0 Å². The minimum Gasteiger partial charge on any atom is -0.271 e. The van der Waals surface area contributed by atoms with Gasteiger partial charge in [-0.1, -0.05) is 64.6 Å². The topological polar surface area (TPSA) is 78.8 Å². The molecule has 0 unspecified atom stereocenters. The molecular formula is C22H18Cl3N3O3S. The summed E-state index contributed by atoms with van der Waals surface area (Å²) in [5.41, 5.74) is 3.88. The van der Waals surface area contributed by atoms with E-state index >= 15 is 0 Å². The van der Waals surface area contributed by atoms with Crippen LogP contribution in [0.15, 0.2) is 76.7 Å². The second kappa shape index (κ2) is 10.4. The van der Waals surface area contributed by atoms with Crippen LogP contribution in [0.3, 0.4) is 0 Å². The molecule has 166 valence electrons. The van der Waals surface area contributed by atoms with Gasteiger partial charge in [0.1, 0.15) is 6.54 Å². The van der Waals surface area contributed by atoms with Gasteiger partial charge in [-0.15, -0.1) is 0 Å². The summed E-state index contributed by atoms with van der Waals surface area (Å²) in [6.45, 7) is 1.33. The summed E-state index contributed by atoms with van der Waals surface area (Å²) in [4.78, 5) is 12.6. The summed E-state index contributed by atoms with van der Waals surface area (Å²) < 4.78 is 27.6. The molecule has 0 saturated carbocycles. The summed E-state index contributed by atoms with van der Waals surface area (Å²) >= 11 is 18.2. The van der Waals surface area contributed by atoms with Crippen LogP contribution in [0, 0.1) is 6.92 Å². The van der Waals surface area contributed by atoms with Crippen molar-refractivity contribution in [1.82, 2.24) is 5.43 Å². The fourth-order valence-electron chi connectivity index (χ4n) is 2.75. The summed E-state index contributed by atoms with van der Waals surface area (Å²) in [6.07, 6.45) is 1.29. The maximum Gasteiger partial charge on any atom is 0.264 e. The van der Waals surface area contributed by atoms with Crippen molar-refractivity contribution in [2.24, 2.45) is 5.10 Å². The molecule has 0 radical (unpaired) electrons. The normalized spacial score (nSPS) is 11.5. The average Bonchev–Trinajstić information content (AvgIpc) is 2.74. The summed E-state index contributed by atoms with van der Waals surface area (Å²) in [5, 5.41) is 4.90. The van der Waals surface area contributed by atoms with E-state index in [2.05, 4.69) is 10.5 Å². The number of hydrogen-bond donors (Lipinski definition) is 1. The van der Waals surface area contributed by atoms with Gasteiger partial charge in [-0.2, -0.15) is 5.10 Å². The first kappa shape index (κ1) is 24.1. The smallest absolute Gasteiger partial charge is 0.264 e. The van der Waals surface area contributed by atoms with Gasteiger partial charge in [-0.3, -0.25) is 9.10 Å². The van der Waals surface area contributed by atoms with E-state index in [9.17, 15) is 13.2 Å². The molecule has 3 aromatic rings. The van der Waals surface area contributed by atoms with Crippen molar-refractivity contribution in [3.8, 4) is 0 Å². The molecule has 0 atom stereocenters. The molecule has 0 aliphatic rings. The highest BCUT2D eigenvalue weighted by Gasteiger charge is 2.27. The molecule has 0 spiro atoms. The lowest BCUT2D eigenvalue weighted by atomic mass is 10.2. The second-order valence-corrected chi connectivity index (χ2v) is 9.85. The first-order valence-electron chi connectivity index (χ1n) is 9.29. The quantitative estimate of drug-likeness (QED) is 0.346. The summed E-state index contributed by atoms with van der Waals surface area (Å²) in [5.74, 6) is -0.667. The zero-order valence-electron chi connectivity index (χ0n) is 16.8. The maximum absolute atomic E-state index is 13.3. The third-order valence-electron chi connectivity index (χ3n) is 4.37. The number of aryl methyl sites for hydroxylation is 1. The van der Waals surface area contributed by atoms with Crippen molar-refractivity contribution in [2.45, 2.75) is 11.8 Å². The Morgan fingerprint density at radius 1 is 1.00 bits per heavy atom. The summed E-state index contributed by atoms with van der Waals surface area (Å²) in [7, 11) is -4.05. The molecule has 1 amide bonds. The number of halogens is 3. The van der Waals surface area contributed by atoms with E-state index in [1.54, 1.807) is 48.5 Å². The highest BCUT2D eigenvalue weighted by Crippen LogP contribution is 2.26. The van der Waals surface area contributed by atoms with Crippen molar-refractivity contribution < 1.29 is 13.2 Å². The van der Waals surface area contributed by atoms with Gasteiger partial charge in [0.05, 0.1) is 26.8 Å². The number of hydrazone groups is 1. The molecule has 0 aromatic heterocycles. The number of anilines is 1. The van der Waals surface area contributed by atoms with Gasteiger partial charge in [0.25, 0.3) is 15.9 Å². The SMILES string of the molecule is Cc1ccc(S(=O)(=O)N(CC(=O)N/N=C\c2c(Cl)cccc2Cl)c2cccc(Cl)c2)cc1. The number of sulfonamides is 1. The van der Waals surface area contributed by atoms with E-state index in [1.807, 2.05) is 6.92 Å². The van der Waals surface area contributed by atoms with E-state index in [4.69, 9.17) is 34.8 Å². The monoisotopic (exact) mass is 509 g/mol. The van der Waals surface area contributed by atoms with Gasteiger partial charge < -0.3 is 0 Å². The predicted molar refractivity (Wildman–Crippen MR) is 129 cm³/mol. The number of benzene rings is 3. The second-order valence-electron chi connectivity index (χ2n) is 6.73. The first-order valence-corrected chi connectivity index (χ1v) is 11.9. The lowest BCUT2D eigenvalue weighted by Crippen LogP contribution is -2.39. The largest absolute Gasteiger partial charge is 0.271 e. The molecule has 0 heterocycles. The molecule has 6 nitrogen and oxygen atoms in total. The lowest BCUT2D eigenvalue weighted by Gasteiger charge is -2.24. The molecular weight excluding hydrogens is 493 g/mol. The van der Waals surface area contributed by atoms with E-state index in [0.717, 1.165) is 9.87 Å². The van der Waals surface area contributed by atoms with E-state index < -0.39 is 22.5 Å². The van der Waals surface area contributed by atoms with Crippen LogP contribution in [0.25, 0.3) is 0 Å². The molecule has 0 aliphatic carbocycles. The zero-order chi connectivity index (χ0) is 23.3. The van der Waals surface area contributed by atoms with E-state index in [0.29, 0.717) is 20.6 Å². The van der Waals surface area contributed by atoms with Gasteiger partial charge in [0.2, 0.25) is 0 Å². The van der Waals surface area contributed by atoms with Crippen LogP contribution >= 0.6 is 34.8 Å². The third kappa shape index (κ3) is 5.81. The van der Waals surface area contributed by atoms with Crippen LogP contribution in [-0.4, -0.2) is 27.1 Å². The number of nitrogens with one attached hydrogen (secondary N) is 1. The Kier molecular flexibility index (Phi) is 7.79. The Morgan fingerprint density at radius 2 is 1.62 bits per heavy atom. The highest BCUT2D eigenvalue weighted by atomic mass is 35.5. The Hall–Kier alpha value is -2.58. The molecule has 0 bridgehead atoms. The minimum absolute atomic E-state index is 0.0437. The Labute approximate surface area is 201 Å². The van der Waals surface area contributed by atoms with E-state index in [1.165, 1.54) is 24.4 Å². The Balaban J connectivity index is 1.87. The van der Waals surface area contributed by atoms with Crippen LogP contribution < -0.4 is 9.73 Å². The molecule has 0 fully saturated rings. The number of carbonyl (C=O) groups is 1. The molecule has 3 aromatic carbocycles. The maximum atomic E-state index is 13.3. The molecule has 0 aliphatic heterocycles. The minimum atomic E-state index is -4.05. The van der Waals surface area contributed by atoms with Gasteiger partial charge in [-0.25, -0.2) is 13.8 Å². The average molecular weight is 511 g/mol. The fraction of sp³-hybridized carbons (Fsp3) is 0.0909.